The third kappa shape index (κ3) is 6.05. The number of fused-ring (bicyclic) bond motifs is 1. The summed E-state index contributed by atoms with van der Waals surface area (Å²) in [4.78, 5) is 29.2. The first-order valence-corrected chi connectivity index (χ1v) is 13.0. The van der Waals surface area contributed by atoms with E-state index in [9.17, 15) is 14.7 Å². The van der Waals surface area contributed by atoms with Crippen molar-refractivity contribution in [2.24, 2.45) is 7.05 Å². The first-order valence-electron chi connectivity index (χ1n) is 11.8. The molecule has 194 valence electrons. The molecule has 0 aliphatic rings. The average molecular weight is 540 g/mol. The van der Waals surface area contributed by atoms with Crippen LogP contribution in [0.25, 0.3) is 10.2 Å². The number of methoxy groups -OCH3 is 1. The Morgan fingerprint density at radius 3 is 2.51 bits per heavy atom. The molecule has 0 saturated heterocycles. The Morgan fingerprint density at radius 2 is 1.86 bits per heavy atom. The SMILES string of the molecule is COc1ccc(C(O)CN(C)Cc2sc3c(=O)c(C(=O)NCc4ccc(Cl)cc4)cn(C)c3c2C)cc1. The van der Waals surface area contributed by atoms with Gasteiger partial charge in [0, 0.05) is 42.8 Å². The standard InChI is InChI=1S/C28H30ClN3O4S/c1-17-24(16-31(2)15-23(33)19-7-11-21(36-4)12-8-19)37-27-25(17)32(3)14-22(26(27)34)28(35)30-13-18-5-9-20(29)10-6-18/h5-12,14,23,33H,13,15-16H2,1-4H3,(H,30,35). The van der Waals surface area contributed by atoms with Gasteiger partial charge in [0.1, 0.15) is 11.3 Å². The molecule has 2 aromatic carbocycles. The van der Waals surface area contributed by atoms with Gasteiger partial charge in [0.25, 0.3) is 5.91 Å². The van der Waals surface area contributed by atoms with E-state index >= 15 is 0 Å². The zero-order chi connectivity index (χ0) is 26.7. The van der Waals surface area contributed by atoms with Crippen molar-refractivity contribution in [1.29, 1.82) is 0 Å². The van der Waals surface area contributed by atoms with Crippen molar-refractivity contribution in [3.8, 4) is 5.75 Å². The van der Waals surface area contributed by atoms with Crippen LogP contribution in [-0.2, 0) is 20.1 Å². The monoisotopic (exact) mass is 539 g/mol. The number of aliphatic hydroxyl groups excluding tert-OH is 1. The minimum absolute atomic E-state index is 0.111. The molecule has 7 nitrogen and oxygen atoms in total. The summed E-state index contributed by atoms with van der Waals surface area (Å²) in [5.74, 6) is 0.328. The molecule has 0 aliphatic heterocycles. The van der Waals surface area contributed by atoms with E-state index in [1.165, 1.54) is 11.3 Å². The molecule has 0 bridgehead atoms. The van der Waals surface area contributed by atoms with Crippen molar-refractivity contribution >= 4 is 39.1 Å². The predicted octanol–water partition coefficient (Wildman–Crippen LogP) is 4.67. The zero-order valence-electron chi connectivity index (χ0n) is 21.2. The predicted molar refractivity (Wildman–Crippen MR) is 149 cm³/mol. The number of thiophene rings is 1. The molecule has 1 unspecified atom stereocenters. The minimum atomic E-state index is -0.660. The topological polar surface area (TPSA) is 83.8 Å². The molecule has 1 amide bonds. The fourth-order valence-electron chi connectivity index (χ4n) is 4.30. The van der Waals surface area contributed by atoms with Crippen molar-refractivity contribution < 1.29 is 14.6 Å². The van der Waals surface area contributed by atoms with Crippen LogP contribution in [-0.4, -0.2) is 41.2 Å². The van der Waals surface area contributed by atoms with Crippen molar-refractivity contribution in [2.45, 2.75) is 26.1 Å². The van der Waals surface area contributed by atoms with E-state index < -0.39 is 12.0 Å². The number of nitrogens with one attached hydrogen (secondary N) is 1. The van der Waals surface area contributed by atoms with Gasteiger partial charge in [-0.25, -0.2) is 0 Å². The van der Waals surface area contributed by atoms with E-state index in [-0.39, 0.29) is 11.0 Å². The lowest BCUT2D eigenvalue weighted by atomic mass is 10.1. The fraction of sp³-hybridized carbons (Fsp3) is 0.286. The smallest absolute Gasteiger partial charge is 0.257 e. The molecule has 2 N–H and O–H groups in total. The molecule has 4 aromatic rings. The number of hydrogen-bond donors (Lipinski definition) is 2. The number of aromatic nitrogens is 1. The Kier molecular flexibility index (Phi) is 8.34. The molecule has 9 heteroatoms. The van der Waals surface area contributed by atoms with E-state index in [1.807, 2.05) is 66.9 Å². The highest BCUT2D eigenvalue weighted by Gasteiger charge is 2.21. The molecule has 1 atom stereocenters. The van der Waals surface area contributed by atoms with Gasteiger partial charge >= 0.3 is 0 Å². The van der Waals surface area contributed by atoms with Crippen molar-refractivity contribution in [3.05, 3.63) is 97.1 Å². The number of aryl methyl sites for hydroxylation is 2. The second-order valence-corrected chi connectivity index (χ2v) is 10.6. The van der Waals surface area contributed by atoms with Crippen molar-refractivity contribution in [3.63, 3.8) is 0 Å². The van der Waals surface area contributed by atoms with E-state index in [2.05, 4.69) is 5.32 Å². The van der Waals surface area contributed by atoms with Crippen LogP contribution in [0, 0.1) is 6.92 Å². The second-order valence-electron chi connectivity index (χ2n) is 9.11. The Bertz CT molecular complexity index is 1460. The summed E-state index contributed by atoms with van der Waals surface area (Å²) in [6.07, 6.45) is 0.940. The Balaban J connectivity index is 1.50. The molecule has 4 rings (SSSR count). The van der Waals surface area contributed by atoms with Gasteiger partial charge in [-0.15, -0.1) is 11.3 Å². The summed E-state index contributed by atoms with van der Waals surface area (Å²) in [6.45, 7) is 3.28. The third-order valence-electron chi connectivity index (χ3n) is 6.35. The lowest BCUT2D eigenvalue weighted by Gasteiger charge is -2.20. The number of benzene rings is 2. The van der Waals surface area contributed by atoms with Gasteiger partial charge < -0.3 is 19.7 Å². The number of aliphatic hydroxyl groups is 1. The van der Waals surface area contributed by atoms with Gasteiger partial charge in [-0.2, -0.15) is 0 Å². The highest BCUT2D eigenvalue weighted by Crippen LogP contribution is 2.30. The van der Waals surface area contributed by atoms with Gasteiger partial charge in [-0.1, -0.05) is 35.9 Å². The molecular weight excluding hydrogens is 510 g/mol. The van der Waals surface area contributed by atoms with Gasteiger partial charge in [0.2, 0.25) is 5.43 Å². The van der Waals surface area contributed by atoms with Gasteiger partial charge in [-0.05, 0) is 54.9 Å². The maximum Gasteiger partial charge on any atom is 0.257 e. The first kappa shape index (κ1) is 26.9. The zero-order valence-corrected chi connectivity index (χ0v) is 22.8. The summed E-state index contributed by atoms with van der Waals surface area (Å²) < 4.78 is 7.58. The van der Waals surface area contributed by atoms with E-state index in [4.69, 9.17) is 16.3 Å². The van der Waals surface area contributed by atoms with E-state index in [0.29, 0.717) is 29.4 Å². The number of nitrogens with zero attached hydrogens (tertiary/aromatic N) is 2. The lowest BCUT2D eigenvalue weighted by Crippen LogP contribution is -2.29. The van der Waals surface area contributed by atoms with E-state index in [1.54, 1.807) is 25.4 Å². The highest BCUT2D eigenvalue weighted by atomic mass is 35.5. The Labute approximate surface area is 224 Å². The molecule has 2 aromatic heterocycles. The Morgan fingerprint density at radius 1 is 1.19 bits per heavy atom. The number of halogens is 1. The largest absolute Gasteiger partial charge is 0.497 e. The van der Waals surface area contributed by atoms with Crippen LogP contribution >= 0.6 is 22.9 Å². The van der Waals surface area contributed by atoms with Gasteiger partial charge in [0.05, 0.1) is 23.4 Å². The Hall–Kier alpha value is -3.17. The van der Waals surface area contributed by atoms with Crippen LogP contribution in [0.15, 0.2) is 59.5 Å². The molecule has 0 aliphatic carbocycles. The summed E-state index contributed by atoms with van der Waals surface area (Å²) in [6, 6.07) is 14.5. The maximum absolute atomic E-state index is 13.3. The molecule has 37 heavy (non-hydrogen) atoms. The molecule has 0 fully saturated rings. The summed E-state index contributed by atoms with van der Waals surface area (Å²) >= 11 is 7.32. The van der Waals surface area contributed by atoms with E-state index in [0.717, 1.165) is 32.8 Å². The minimum Gasteiger partial charge on any atom is -0.497 e. The summed E-state index contributed by atoms with van der Waals surface area (Å²) in [7, 11) is 5.39. The fourth-order valence-corrected chi connectivity index (χ4v) is 5.80. The number of carbonyl (C=O) groups is 1. The number of rotatable bonds is 9. The van der Waals surface area contributed by atoms with Crippen molar-refractivity contribution in [1.82, 2.24) is 14.8 Å². The number of pyridine rings is 1. The highest BCUT2D eigenvalue weighted by molar-refractivity contribution is 7.19. The molecular formula is C28H30ClN3O4S. The number of carbonyl (C=O) groups excluding carboxylic acids is 1. The van der Waals surface area contributed by atoms with Gasteiger partial charge in [0.15, 0.2) is 0 Å². The quantitative estimate of drug-likeness (QED) is 0.323. The first-order chi connectivity index (χ1) is 17.7. The van der Waals surface area contributed by atoms with Crippen LogP contribution in [0.2, 0.25) is 5.02 Å². The van der Waals surface area contributed by atoms with Gasteiger partial charge in [-0.3, -0.25) is 14.5 Å². The van der Waals surface area contributed by atoms with Crippen molar-refractivity contribution in [2.75, 3.05) is 20.7 Å². The molecule has 2 heterocycles. The lowest BCUT2D eigenvalue weighted by molar-refractivity contribution is 0.0949. The number of hydrogen-bond acceptors (Lipinski definition) is 6. The van der Waals surface area contributed by atoms with Crippen LogP contribution in [0.1, 0.15) is 38.0 Å². The molecule has 0 saturated carbocycles. The summed E-state index contributed by atoms with van der Waals surface area (Å²) in [5.41, 5.74) is 3.36. The van der Waals surface area contributed by atoms with Crippen LogP contribution in [0.4, 0.5) is 0 Å². The average Bonchev–Trinajstić information content (AvgIpc) is 3.22. The number of likely N-dealkylation sites (N-methyl/N-ethyl adjacent to an activating group) is 1. The maximum atomic E-state index is 13.3. The van der Waals surface area contributed by atoms with Crippen LogP contribution < -0.4 is 15.5 Å². The second kappa shape index (κ2) is 11.5. The molecule has 0 radical (unpaired) electrons. The molecule has 0 spiro atoms. The normalized spacial score (nSPS) is 12.2. The van der Waals surface area contributed by atoms with Crippen LogP contribution in [0.3, 0.4) is 0 Å². The third-order valence-corrected chi connectivity index (χ3v) is 7.87. The number of ether oxygens (including phenoxy) is 1. The van der Waals surface area contributed by atoms with Crippen LogP contribution in [0.5, 0.6) is 5.75 Å². The number of amides is 1. The summed E-state index contributed by atoms with van der Waals surface area (Å²) in [5, 5.41) is 14.1.